The molecule has 1 rings (SSSR count). The molecule has 0 saturated carbocycles. The number of phenols is 1. The molecule has 4 heteroatoms. The Kier molecular flexibility index (Phi) is 5.93. The Balaban J connectivity index is 3.11. The number of aliphatic carboxylic acids is 1. The van der Waals surface area contributed by atoms with E-state index in [1.807, 2.05) is 13.8 Å². The van der Waals surface area contributed by atoms with Crippen molar-refractivity contribution in [2.45, 2.75) is 33.1 Å². The van der Waals surface area contributed by atoms with E-state index in [9.17, 15) is 9.90 Å². The van der Waals surface area contributed by atoms with Gasteiger partial charge in [0.25, 0.3) is 0 Å². The molecule has 0 heterocycles. The van der Waals surface area contributed by atoms with Crippen molar-refractivity contribution in [3.8, 4) is 11.5 Å². The Morgan fingerprint density at radius 1 is 1.37 bits per heavy atom. The van der Waals surface area contributed by atoms with Crippen LogP contribution in [0.5, 0.6) is 11.5 Å². The van der Waals surface area contributed by atoms with Crippen molar-refractivity contribution in [2.24, 2.45) is 0 Å². The predicted octanol–water partition coefficient (Wildman–Crippen LogP) is 3.45. The highest BCUT2D eigenvalue weighted by molar-refractivity contribution is 5.77. The van der Waals surface area contributed by atoms with Crippen molar-refractivity contribution in [3.63, 3.8) is 0 Å². The van der Waals surface area contributed by atoms with Crippen molar-refractivity contribution in [3.05, 3.63) is 29.8 Å². The number of allylic oxidation sites excluding steroid dienone is 1. The van der Waals surface area contributed by atoms with Gasteiger partial charge in [0.15, 0.2) is 11.5 Å². The smallest absolute Gasteiger partial charge is 0.307 e. The van der Waals surface area contributed by atoms with Crippen LogP contribution in [0, 0.1) is 0 Å². The molecule has 0 aliphatic rings. The number of carboxylic acid groups (broad SMARTS) is 1. The molecular weight excluding hydrogens is 244 g/mol. The van der Waals surface area contributed by atoms with E-state index >= 15 is 0 Å². The molecule has 0 fully saturated rings. The third kappa shape index (κ3) is 4.32. The number of carbonyl (C=O) groups is 1. The fourth-order valence-electron chi connectivity index (χ4n) is 1.88. The molecule has 0 amide bonds. The van der Waals surface area contributed by atoms with Crippen molar-refractivity contribution in [1.29, 1.82) is 0 Å². The summed E-state index contributed by atoms with van der Waals surface area (Å²) in [6.45, 7) is 4.33. The normalized spacial score (nSPS) is 11.4. The second-order valence-corrected chi connectivity index (χ2v) is 4.16. The van der Waals surface area contributed by atoms with E-state index in [2.05, 4.69) is 0 Å². The van der Waals surface area contributed by atoms with Crippen molar-refractivity contribution in [1.82, 2.24) is 0 Å². The van der Waals surface area contributed by atoms with Gasteiger partial charge in [-0.1, -0.05) is 31.6 Å². The minimum absolute atomic E-state index is 0.0480. The SMILES string of the molecule is CCC/C(=C\CC(=O)O)c1cccc(OCC)c1O. The topological polar surface area (TPSA) is 66.8 Å². The summed E-state index contributed by atoms with van der Waals surface area (Å²) in [6, 6.07) is 5.27. The van der Waals surface area contributed by atoms with Gasteiger partial charge in [0.2, 0.25) is 0 Å². The molecule has 104 valence electrons. The number of hydrogen-bond donors (Lipinski definition) is 2. The Morgan fingerprint density at radius 3 is 2.68 bits per heavy atom. The van der Waals surface area contributed by atoms with Crippen molar-refractivity contribution < 1.29 is 19.7 Å². The maximum absolute atomic E-state index is 10.7. The average molecular weight is 264 g/mol. The summed E-state index contributed by atoms with van der Waals surface area (Å²) in [5, 5.41) is 18.9. The standard InChI is InChI=1S/C15H20O4/c1-3-6-11(9-10-14(16)17)12-7-5-8-13(15(12)18)19-4-2/h5,7-9,18H,3-4,6,10H2,1-2H3,(H,16,17)/b11-9+. The second-order valence-electron chi connectivity index (χ2n) is 4.16. The molecule has 1 aromatic carbocycles. The zero-order valence-corrected chi connectivity index (χ0v) is 11.3. The molecule has 0 atom stereocenters. The molecule has 0 bridgehead atoms. The summed E-state index contributed by atoms with van der Waals surface area (Å²) >= 11 is 0. The second kappa shape index (κ2) is 7.46. The molecule has 0 radical (unpaired) electrons. The Labute approximate surface area is 113 Å². The number of rotatable bonds is 7. The highest BCUT2D eigenvalue weighted by atomic mass is 16.5. The van der Waals surface area contributed by atoms with Gasteiger partial charge >= 0.3 is 5.97 Å². The molecule has 0 aliphatic heterocycles. The minimum atomic E-state index is -0.881. The number of aromatic hydroxyl groups is 1. The first-order valence-electron chi connectivity index (χ1n) is 6.46. The number of benzene rings is 1. The van der Waals surface area contributed by atoms with E-state index in [-0.39, 0.29) is 12.2 Å². The van der Waals surface area contributed by atoms with E-state index in [1.165, 1.54) is 0 Å². The Morgan fingerprint density at radius 2 is 2.11 bits per heavy atom. The molecule has 4 nitrogen and oxygen atoms in total. The molecule has 0 spiro atoms. The fourth-order valence-corrected chi connectivity index (χ4v) is 1.88. The van der Waals surface area contributed by atoms with E-state index in [1.54, 1.807) is 24.3 Å². The van der Waals surface area contributed by atoms with Crippen LogP contribution in [0.15, 0.2) is 24.3 Å². The first-order chi connectivity index (χ1) is 9.10. The van der Waals surface area contributed by atoms with E-state index in [0.29, 0.717) is 17.9 Å². The van der Waals surface area contributed by atoms with Crippen LogP contribution in [-0.2, 0) is 4.79 Å². The number of para-hydroxylation sites is 1. The first kappa shape index (κ1) is 15.1. The molecule has 1 aromatic rings. The largest absolute Gasteiger partial charge is 0.504 e. The molecule has 0 aliphatic carbocycles. The third-order valence-electron chi connectivity index (χ3n) is 2.69. The van der Waals surface area contributed by atoms with Gasteiger partial charge in [0, 0.05) is 5.56 Å². The Hall–Kier alpha value is -1.97. The minimum Gasteiger partial charge on any atom is -0.504 e. The zero-order valence-electron chi connectivity index (χ0n) is 11.3. The lowest BCUT2D eigenvalue weighted by molar-refractivity contribution is -0.135. The van der Waals surface area contributed by atoms with Crippen LogP contribution in [-0.4, -0.2) is 22.8 Å². The predicted molar refractivity (Wildman–Crippen MR) is 74.4 cm³/mol. The lowest BCUT2D eigenvalue weighted by Gasteiger charge is -2.12. The maximum atomic E-state index is 10.7. The summed E-state index contributed by atoms with van der Waals surface area (Å²) in [5.74, 6) is -0.374. The lowest BCUT2D eigenvalue weighted by Crippen LogP contribution is -1.96. The van der Waals surface area contributed by atoms with Crippen LogP contribution in [0.1, 0.15) is 38.7 Å². The fraction of sp³-hybridized carbons (Fsp3) is 0.400. The van der Waals surface area contributed by atoms with Crippen LogP contribution in [0.25, 0.3) is 5.57 Å². The molecule has 0 unspecified atom stereocenters. The van der Waals surface area contributed by atoms with Gasteiger partial charge in [-0.25, -0.2) is 0 Å². The van der Waals surface area contributed by atoms with Gasteiger partial charge in [0.1, 0.15) is 0 Å². The van der Waals surface area contributed by atoms with Gasteiger partial charge in [0.05, 0.1) is 13.0 Å². The van der Waals surface area contributed by atoms with Crippen LogP contribution in [0.3, 0.4) is 0 Å². The zero-order chi connectivity index (χ0) is 14.3. The summed E-state index contributed by atoms with van der Waals surface area (Å²) < 4.78 is 5.34. The Bertz CT molecular complexity index is 463. The van der Waals surface area contributed by atoms with E-state index < -0.39 is 5.97 Å². The summed E-state index contributed by atoms with van der Waals surface area (Å²) in [4.78, 5) is 10.7. The highest BCUT2D eigenvalue weighted by Gasteiger charge is 2.11. The van der Waals surface area contributed by atoms with Gasteiger partial charge in [-0.2, -0.15) is 0 Å². The van der Waals surface area contributed by atoms with E-state index in [0.717, 1.165) is 18.4 Å². The third-order valence-corrected chi connectivity index (χ3v) is 2.69. The monoisotopic (exact) mass is 264 g/mol. The van der Waals surface area contributed by atoms with Gasteiger partial charge < -0.3 is 14.9 Å². The first-order valence-corrected chi connectivity index (χ1v) is 6.46. The van der Waals surface area contributed by atoms with Crippen LogP contribution in [0.2, 0.25) is 0 Å². The number of hydrogen-bond acceptors (Lipinski definition) is 3. The van der Waals surface area contributed by atoms with Crippen molar-refractivity contribution in [2.75, 3.05) is 6.61 Å². The number of ether oxygens (including phenoxy) is 1. The molecule has 0 aromatic heterocycles. The quantitative estimate of drug-likeness (QED) is 0.791. The summed E-state index contributed by atoms with van der Waals surface area (Å²) in [7, 11) is 0. The van der Waals surface area contributed by atoms with E-state index in [4.69, 9.17) is 9.84 Å². The van der Waals surface area contributed by atoms with Gasteiger partial charge in [-0.05, 0) is 25.0 Å². The summed E-state index contributed by atoms with van der Waals surface area (Å²) in [5.41, 5.74) is 1.48. The average Bonchev–Trinajstić information content (AvgIpc) is 2.37. The van der Waals surface area contributed by atoms with Crippen LogP contribution >= 0.6 is 0 Å². The molecular formula is C15H20O4. The molecule has 19 heavy (non-hydrogen) atoms. The maximum Gasteiger partial charge on any atom is 0.307 e. The lowest BCUT2D eigenvalue weighted by atomic mass is 9.99. The number of phenolic OH excluding ortho intramolecular Hbond substituents is 1. The van der Waals surface area contributed by atoms with Crippen molar-refractivity contribution >= 4 is 11.5 Å². The number of carboxylic acids is 1. The van der Waals surface area contributed by atoms with Gasteiger partial charge in [-0.15, -0.1) is 0 Å². The van der Waals surface area contributed by atoms with Crippen LogP contribution < -0.4 is 4.74 Å². The van der Waals surface area contributed by atoms with Crippen LogP contribution in [0.4, 0.5) is 0 Å². The molecule has 0 saturated heterocycles. The highest BCUT2D eigenvalue weighted by Crippen LogP contribution is 2.36. The molecule has 2 N–H and O–H groups in total. The summed E-state index contributed by atoms with van der Waals surface area (Å²) in [6.07, 6.45) is 3.20. The van der Waals surface area contributed by atoms with Gasteiger partial charge in [-0.3, -0.25) is 4.79 Å².